The minimum Gasteiger partial charge on any atom is -0.343 e. The first-order chi connectivity index (χ1) is 8.70. The van der Waals surface area contributed by atoms with E-state index in [2.05, 4.69) is 17.1 Å². The number of hydrogen-bond acceptors (Lipinski definition) is 2. The lowest BCUT2D eigenvalue weighted by Gasteiger charge is -2.33. The van der Waals surface area contributed by atoms with Gasteiger partial charge in [-0.3, -0.25) is 4.79 Å². The summed E-state index contributed by atoms with van der Waals surface area (Å²) in [5.41, 5.74) is 0. The number of carbonyl (C=O) groups is 1. The second kappa shape index (κ2) is 5.20. The predicted molar refractivity (Wildman–Crippen MR) is 72.3 cm³/mol. The van der Waals surface area contributed by atoms with E-state index in [1.165, 1.54) is 38.5 Å². The Balaban J connectivity index is 1.49. The van der Waals surface area contributed by atoms with Crippen molar-refractivity contribution < 1.29 is 4.79 Å². The third-order valence-electron chi connectivity index (χ3n) is 5.17. The Morgan fingerprint density at radius 3 is 2.33 bits per heavy atom. The highest BCUT2D eigenvalue weighted by molar-refractivity contribution is 5.76. The maximum Gasteiger partial charge on any atom is 0.222 e. The van der Waals surface area contributed by atoms with E-state index in [1.54, 1.807) is 0 Å². The van der Waals surface area contributed by atoms with Crippen molar-refractivity contribution in [2.24, 2.45) is 11.8 Å². The molecule has 0 saturated carbocycles. The van der Waals surface area contributed by atoms with Crippen molar-refractivity contribution in [3.8, 4) is 0 Å². The number of fused-ring (bicyclic) bond motifs is 2. The second-order valence-corrected chi connectivity index (χ2v) is 6.74. The van der Waals surface area contributed by atoms with Gasteiger partial charge in [-0.25, -0.2) is 0 Å². The lowest BCUT2D eigenvalue weighted by molar-refractivity contribution is -0.133. The molecule has 0 spiro atoms. The van der Waals surface area contributed by atoms with Gasteiger partial charge >= 0.3 is 0 Å². The first-order valence-electron chi connectivity index (χ1n) is 7.74. The monoisotopic (exact) mass is 250 g/mol. The molecular formula is C15H26N2O. The third kappa shape index (κ3) is 2.71. The quantitative estimate of drug-likeness (QED) is 0.814. The summed E-state index contributed by atoms with van der Waals surface area (Å²) in [7, 11) is 0. The fraction of sp³-hybridized carbons (Fsp3) is 0.933. The Bertz CT molecular complexity index is 298. The van der Waals surface area contributed by atoms with E-state index >= 15 is 0 Å². The van der Waals surface area contributed by atoms with Crippen LogP contribution in [-0.4, -0.2) is 36.0 Å². The van der Waals surface area contributed by atoms with Crippen molar-refractivity contribution in [2.75, 3.05) is 13.1 Å². The normalized spacial score (nSPS) is 36.9. The minimum absolute atomic E-state index is 0.424. The van der Waals surface area contributed by atoms with Crippen LogP contribution in [0.4, 0.5) is 0 Å². The summed E-state index contributed by atoms with van der Waals surface area (Å²) < 4.78 is 0. The number of amides is 1. The second-order valence-electron chi connectivity index (χ2n) is 6.74. The summed E-state index contributed by atoms with van der Waals surface area (Å²) in [5.74, 6) is 1.88. The molecule has 18 heavy (non-hydrogen) atoms. The molecule has 2 bridgehead atoms. The molecule has 3 aliphatic rings. The Morgan fingerprint density at radius 1 is 1.11 bits per heavy atom. The zero-order valence-electron chi connectivity index (χ0n) is 11.5. The van der Waals surface area contributed by atoms with E-state index in [9.17, 15) is 4.79 Å². The number of nitrogens with zero attached hydrogens (tertiary/aromatic N) is 1. The SMILES string of the molecule is CC1CCN(C(=O)CC2CC3CCC(C2)N3)CC1. The number of hydrogen-bond donors (Lipinski definition) is 1. The van der Waals surface area contributed by atoms with E-state index in [0.717, 1.165) is 25.4 Å². The molecule has 3 nitrogen and oxygen atoms in total. The van der Waals surface area contributed by atoms with Gasteiger partial charge < -0.3 is 10.2 Å². The maximum atomic E-state index is 12.3. The summed E-state index contributed by atoms with van der Waals surface area (Å²) in [4.78, 5) is 14.4. The molecule has 0 aromatic heterocycles. The minimum atomic E-state index is 0.424. The zero-order valence-corrected chi connectivity index (χ0v) is 11.5. The van der Waals surface area contributed by atoms with Gasteiger partial charge in [-0.15, -0.1) is 0 Å². The van der Waals surface area contributed by atoms with Crippen molar-refractivity contribution in [1.29, 1.82) is 0 Å². The zero-order chi connectivity index (χ0) is 12.5. The fourth-order valence-electron chi connectivity index (χ4n) is 3.98. The van der Waals surface area contributed by atoms with E-state index in [-0.39, 0.29) is 0 Å². The maximum absolute atomic E-state index is 12.3. The summed E-state index contributed by atoms with van der Waals surface area (Å²) in [6.45, 7) is 4.29. The van der Waals surface area contributed by atoms with Gasteiger partial charge in [0.2, 0.25) is 5.91 Å². The van der Waals surface area contributed by atoms with Gasteiger partial charge in [-0.05, 0) is 50.4 Å². The standard InChI is InChI=1S/C15H26N2O/c1-11-4-6-17(7-5-11)15(18)10-12-8-13-2-3-14(9-12)16-13/h11-14,16H,2-10H2,1H3. The summed E-state index contributed by atoms with van der Waals surface area (Å²) in [6.07, 6.45) is 8.32. The number of carbonyl (C=O) groups excluding carboxylic acids is 1. The fourth-order valence-corrected chi connectivity index (χ4v) is 3.98. The van der Waals surface area contributed by atoms with Crippen molar-refractivity contribution in [2.45, 2.75) is 64.0 Å². The van der Waals surface area contributed by atoms with Gasteiger partial charge in [0.05, 0.1) is 0 Å². The highest BCUT2D eigenvalue weighted by Crippen LogP contribution is 2.33. The average molecular weight is 250 g/mol. The smallest absolute Gasteiger partial charge is 0.222 e. The average Bonchev–Trinajstić information content (AvgIpc) is 2.69. The molecule has 3 heterocycles. The van der Waals surface area contributed by atoms with Crippen LogP contribution in [0.1, 0.15) is 51.9 Å². The summed E-state index contributed by atoms with van der Waals surface area (Å²) in [5, 5.41) is 3.65. The van der Waals surface area contributed by atoms with Crippen molar-refractivity contribution in [3.05, 3.63) is 0 Å². The van der Waals surface area contributed by atoms with Gasteiger partial charge in [0, 0.05) is 31.6 Å². The summed E-state index contributed by atoms with van der Waals surface area (Å²) in [6, 6.07) is 1.42. The number of piperidine rings is 2. The van der Waals surface area contributed by atoms with Gasteiger partial charge in [0.25, 0.3) is 0 Å². The largest absolute Gasteiger partial charge is 0.343 e. The van der Waals surface area contributed by atoms with Gasteiger partial charge in [-0.1, -0.05) is 6.92 Å². The van der Waals surface area contributed by atoms with E-state index < -0.39 is 0 Å². The van der Waals surface area contributed by atoms with Crippen LogP contribution in [0.2, 0.25) is 0 Å². The van der Waals surface area contributed by atoms with Crippen LogP contribution < -0.4 is 5.32 Å². The van der Waals surface area contributed by atoms with E-state index in [4.69, 9.17) is 0 Å². The van der Waals surface area contributed by atoms with Crippen LogP contribution >= 0.6 is 0 Å². The van der Waals surface area contributed by atoms with Crippen LogP contribution in [0.3, 0.4) is 0 Å². The van der Waals surface area contributed by atoms with Crippen molar-refractivity contribution in [3.63, 3.8) is 0 Å². The Hall–Kier alpha value is -0.570. The number of nitrogens with one attached hydrogen (secondary N) is 1. The molecule has 3 rings (SSSR count). The van der Waals surface area contributed by atoms with Gasteiger partial charge in [0.1, 0.15) is 0 Å². The lowest BCUT2D eigenvalue weighted by Crippen LogP contribution is -2.42. The molecule has 0 radical (unpaired) electrons. The molecule has 2 unspecified atom stereocenters. The molecule has 3 fully saturated rings. The van der Waals surface area contributed by atoms with E-state index in [0.29, 0.717) is 23.9 Å². The van der Waals surface area contributed by atoms with Crippen LogP contribution in [0.25, 0.3) is 0 Å². The van der Waals surface area contributed by atoms with Crippen molar-refractivity contribution >= 4 is 5.91 Å². The Labute approximate surface area is 110 Å². The van der Waals surface area contributed by atoms with Crippen LogP contribution in [0.5, 0.6) is 0 Å². The summed E-state index contributed by atoms with van der Waals surface area (Å²) >= 11 is 0. The third-order valence-corrected chi connectivity index (χ3v) is 5.17. The molecule has 3 heteroatoms. The predicted octanol–water partition coefficient (Wildman–Crippen LogP) is 2.17. The molecule has 3 saturated heterocycles. The molecular weight excluding hydrogens is 224 g/mol. The number of rotatable bonds is 2. The van der Waals surface area contributed by atoms with Crippen LogP contribution in [-0.2, 0) is 4.79 Å². The molecule has 0 aliphatic carbocycles. The highest BCUT2D eigenvalue weighted by atomic mass is 16.2. The highest BCUT2D eigenvalue weighted by Gasteiger charge is 2.35. The Morgan fingerprint density at radius 2 is 1.72 bits per heavy atom. The molecule has 0 aromatic rings. The van der Waals surface area contributed by atoms with Gasteiger partial charge in [0.15, 0.2) is 0 Å². The van der Waals surface area contributed by atoms with Gasteiger partial charge in [-0.2, -0.15) is 0 Å². The number of likely N-dealkylation sites (tertiary alicyclic amines) is 1. The van der Waals surface area contributed by atoms with Crippen molar-refractivity contribution in [1.82, 2.24) is 10.2 Å². The van der Waals surface area contributed by atoms with Crippen LogP contribution in [0, 0.1) is 11.8 Å². The molecule has 0 aromatic carbocycles. The molecule has 2 atom stereocenters. The first-order valence-corrected chi connectivity index (χ1v) is 7.74. The van der Waals surface area contributed by atoms with E-state index in [1.807, 2.05) is 0 Å². The Kier molecular flexibility index (Phi) is 3.60. The molecule has 3 aliphatic heterocycles. The molecule has 102 valence electrons. The lowest BCUT2D eigenvalue weighted by atomic mass is 9.89. The first kappa shape index (κ1) is 12.5. The molecule has 1 N–H and O–H groups in total. The van der Waals surface area contributed by atoms with Crippen LogP contribution in [0.15, 0.2) is 0 Å². The molecule has 1 amide bonds. The topological polar surface area (TPSA) is 32.3 Å².